The molecule has 0 radical (unpaired) electrons. The van der Waals surface area contributed by atoms with Gasteiger partial charge in [-0.05, 0) is 6.07 Å². The van der Waals surface area contributed by atoms with Crippen molar-refractivity contribution in [1.29, 1.82) is 0 Å². The lowest BCUT2D eigenvalue weighted by atomic mass is 10.0. The predicted molar refractivity (Wildman–Crippen MR) is 78.6 cm³/mol. The molecule has 1 unspecified atom stereocenters. The molecule has 20 heavy (non-hydrogen) atoms. The van der Waals surface area contributed by atoms with E-state index in [1.54, 1.807) is 11.9 Å². The number of carbonyl (C=O) groups excluding carboxylic acids is 1. The molecule has 100 valence electrons. The highest BCUT2D eigenvalue weighted by Gasteiger charge is 2.29. The van der Waals surface area contributed by atoms with Gasteiger partial charge in [-0.1, -0.05) is 48.5 Å². The van der Waals surface area contributed by atoms with Crippen LogP contribution in [0.5, 0.6) is 0 Å². The lowest BCUT2D eigenvalue weighted by molar-refractivity contribution is -0.400. The van der Waals surface area contributed by atoms with Crippen LogP contribution in [0, 0.1) is 0 Å². The van der Waals surface area contributed by atoms with Gasteiger partial charge in [-0.25, -0.2) is 4.99 Å². The van der Waals surface area contributed by atoms with E-state index < -0.39 is 6.17 Å². The normalized spacial score (nSPS) is 18.3. The number of nitrogens with zero attached hydrogens (tertiary/aromatic N) is 2. The fourth-order valence-electron chi connectivity index (χ4n) is 2.42. The van der Waals surface area contributed by atoms with Crippen LogP contribution in [-0.4, -0.2) is 24.8 Å². The van der Waals surface area contributed by atoms with E-state index >= 15 is 0 Å². The number of anilines is 1. The zero-order chi connectivity index (χ0) is 14.1. The Morgan fingerprint density at radius 2 is 1.70 bits per heavy atom. The van der Waals surface area contributed by atoms with Gasteiger partial charge in [0, 0.05) is 18.2 Å². The molecule has 4 nitrogen and oxygen atoms in total. The molecule has 0 spiro atoms. The molecule has 2 aromatic rings. The van der Waals surface area contributed by atoms with Crippen LogP contribution in [0.25, 0.3) is 0 Å². The molecule has 3 N–H and O–H groups in total. The highest BCUT2D eigenvalue weighted by molar-refractivity contribution is 6.19. The van der Waals surface area contributed by atoms with Gasteiger partial charge in [0.05, 0.1) is 11.4 Å². The molecule has 0 fully saturated rings. The first-order valence-corrected chi connectivity index (χ1v) is 6.52. The van der Waals surface area contributed by atoms with E-state index in [1.165, 1.54) is 0 Å². The molecule has 0 saturated carbocycles. The van der Waals surface area contributed by atoms with Crippen LogP contribution in [0.3, 0.4) is 0 Å². The van der Waals surface area contributed by atoms with Crippen molar-refractivity contribution >= 4 is 17.3 Å². The molecule has 4 heteroatoms. The van der Waals surface area contributed by atoms with E-state index in [9.17, 15) is 4.79 Å². The molecule has 1 atom stereocenters. The molecule has 0 saturated heterocycles. The number of carbonyl (C=O) groups is 1. The Bertz CT molecular complexity index is 679. The number of quaternary nitrogens is 1. The number of para-hydroxylation sites is 1. The molecule has 2 aromatic carbocycles. The van der Waals surface area contributed by atoms with Gasteiger partial charge in [0.15, 0.2) is 0 Å². The molecule has 1 heterocycles. The average Bonchev–Trinajstić information content (AvgIpc) is 2.60. The fourth-order valence-corrected chi connectivity index (χ4v) is 2.42. The minimum Gasteiger partial charge on any atom is -0.328 e. The van der Waals surface area contributed by atoms with Gasteiger partial charge in [-0.2, -0.15) is 0 Å². The second-order valence-corrected chi connectivity index (χ2v) is 4.77. The van der Waals surface area contributed by atoms with Crippen LogP contribution in [0.1, 0.15) is 11.1 Å². The van der Waals surface area contributed by atoms with Crippen LogP contribution in [0.2, 0.25) is 0 Å². The summed E-state index contributed by atoms with van der Waals surface area (Å²) in [4.78, 5) is 18.4. The van der Waals surface area contributed by atoms with Gasteiger partial charge in [0.25, 0.3) is 6.17 Å². The Kier molecular flexibility index (Phi) is 3.08. The maximum absolute atomic E-state index is 12.2. The van der Waals surface area contributed by atoms with Crippen molar-refractivity contribution in [3.8, 4) is 0 Å². The molecule has 1 aliphatic rings. The van der Waals surface area contributed by atoms with Crippen molar-refractivity contribution in [2.45, 2.75) is 6.17 Å². The number of amides is 1. The van der Waals surface area contributed by atoms with Gasteiger partial charge in [-0.3, -0.25) is 4.79 Å². The van der Waals surface area contributed by atoms with Crippen LogP contribution >= 0.6 is 0 Å². The maximum Gasteiger partial charge on any atom is 0.308 e. The summed E-state index contributed by atoms with van der Waals surface area (Å²) in [5, 5.41) is 0. The van der Waals surface area contributed by atoms with Crippen molar-refractivity contribution in [2.24, 2.45) is 4.99 Å². The van der Waals surface area contributed by atoms with Crippen molar-refractivity contribution in [2.75, 3.05) is 11.9 Å². The van der Waals surface area contributed by atoms with Crippen molar-refractivity contribution in [3.63, 3.8) is 0 Å². The minimum absolute atomic E-state index is 0.0941. The van der Waals surface area contributed by atoms with Crippen molar-refractivity contribution in [3.05, 3.63) is 65.7 Å². The lowest BCUT2D eigenvalue weighted by Crippen LogP contribution is -2.66. The minimum atomic E-state index is -0.623. The van der Waals surface area contributed by atoms with E-state index in [0.29, 0.717) is 0 Å². The Hall–Kier alpha value is -2.46. The first-order chi connectivity index (χ1) is 9.68. The molecular formula is C16H16N3O+. The Balaban J connectivity index is 2.24. The molecular weight excluding hydrogens is 250 g/mol. The highest BCUT2D eigenvalue weighted by atomic mass is 16.2. The molecule has 0 aliphatic carbocycles. The average molecular weight is 266 g/mol. The fraction of sp³-hybridized carbons (Fsp3) is 0.125. The number of rotatable bonds is 1. The van der Waals surface area contributed by atoms with Crippen LogP contribution in [0.15, 0.2) is 59.6 Å². The summed E-state index contributed by atoms with van der Waals surface area (Å²) in [5.74, 6) is -0.0941. The topological polar surface area (TPSA) is 60.3 Å². The van der Waals surface area contributed by atoms with Crippen molar-refractivity contribution < 1.29 is 10.5 Å². The Labute approximate surface area is 117 Å². The number of benzene rings is 2. The van der Waals surface area contributed by atoms with Gasteiger partial charge in [-0.15, -0.1) is 0 Å². The van der Waals surface area contributed by atoms with Crippen molar-refractivity contribution in [1.82, 2.24) is 0 Å². The van der Waals surface area contributed by atoms with E-state index in [4.69, 9.17) is 0 Å². The van der Waals surface area contributed by atoms with Crippen LogP contribution < -0.4 is 10.6 Å². The third kappa shape index (κ3) is 2.00. The summed E-state index contributed by atoms with van der Waals surface area (Å²) in [7, 11) is 1.77. The summed E-state index contributed by atoms with van der Waals surface area (Å²) in [6.45, 7) is 0. The van der Waals surface area contributed by atoms with Crippen LogP contribution in [0.4, 0.5) is 5.69 Å². The van der Waals surface area contributed by atoms with E-state index in [0.717, 1.165) is 22.5 Å². The largest absolute Gasteiger partial charge is 0.328 e. The van der Waals surface area contributed by atoms with Gasteiger partial charge >= 0.3 is 5.91 Å². The predicted octanol–water partition coefficient (Wildman–Crippen LogP) is 1.07. The zero-order valence-electron chi connectivity index (χ0n) is 11.3. The SMILES string of the molecule is CN1C(=O)C([NH3+])N=C(c2ccccc2)c2ccccc21. The number of likely N-dealkylation sites (N-methyl/N-ethyl adjacent to an activating group) is 1. The first kappa shape index (κ1) is 12.6. The summed E-state index contributed by atoms with van der Waals surface area (Å²) in [6.07, 6.45) is -0.623. The zero-order valence-corrected chi connectivity index (χ0v) is 11.3. The number of benzodiazepines with no additional fused rings is 1. The number of hydrogen-bond donors (Lipinski definition) is 1. The smallest absolute Gasteiger partial charge is 0.308 e. The lowest BCUT2D eigenvalue weighted by Gasteiger charge is -2.17. The molecule has 0 bridgehead atoms. The monoisotopic (exact) mass is 266 g/mol. The molecule has 0 aromatic heterocycles. The number of hydrogen-bond acceptors (Lipinski definition) is 2. The second kappa shape index (κ2) is 4.90. The van der Waals surface area contributed by atoms with E-state index in [-0.39, 0.29) is 5.91 Å². The Morgan fingerprint density at radius 1 is 1.05 bits per heavy atom. The summed E-state index contributed by atoms with van der Waals surface area (Å²) in [6, 6.07) is 17.7. The third-order valence-electron chi connectivity index (χ3n) is 3.47. The molecule has 1 amide bonds. The number of fused-ring (bicyclic) bond motifs is 1. The maximum atomic E-state index is 12.2. The second-order valence-electron chi connectivity index (χ2n) is 4.77. The third-order valence-corrected chi connectivity index (χ3v) is 3.47. The summed E-state index contributed by atoms with van der Waals surface area (Å²) < 4.78 is 0. The standard InChI is InChI=1S/C16H15N3O/c1-19-13-10-6-5-9-12(13)14(18-15(17)16(19)20)11-7-3-2-4-8-11/h2-10,15H,17H2,1H3/p+1. The summed E-state index contributed by atoms with van der Waals surface area (Å²) >= 11 is 0. The molecule has 1 aliphatic heterocycles. The van der Waals surface area contributed by atoms with Gasteiger partial charge in [0.1, 0.15) is 0 Å². The summed E-state index contributed by atoms with van der Waals surface area (Å²) in [5.41, 5.74) is 7.51. The van der Waals surface area contributed by atoms with E-state index in [1.807, 2.05) is 54.6 Å². The number of aliphatic imine (C=N–C) groups is 1. The Morgan fingerprint density at radius 3 is 2.45 bits per heavy atom. The highest BCUT2D eigenvalue weighted by Crippen LogP contribution is 2.26. The van der Waals surface area contributed by atoms with E-state index in [2.05, 4.69) is 10.7 Å². The first-order valence-electron chi connectivity index (χ1n) is 6.52. The quantitative estimate of drug-likeness (QED) is 0.824. The van der Waals surface area contributed by atoms with Gasteiger partial charge < -0.3 is 10.6 Å². The molecule has 3 rings (SSSR count). The van der Waals surface area contributed by atoms with Crippen LogP contribution in [-0.2, 0) is 4.79 Å². The van der Waals surface area contributed by atoms with Gasteiger partial charge in [0.2, 0.25) is 0 Å².